The third-order valence-corrected chi connectivity index (χ3v) is 3.55. The van der Waals surface area contributed by atoms with E-state index in [4.69, 9.17) is 4.74 Å². The highest BCUT2D eigenvalue weighted by atomic mass is 19.4. The minimum absolute atomic E-state index is 0.319. The zero-order valence-electron chi connectivity index (χ0n) is 12.2. The highest BCUT2D eigenvalue weighted by molar-refractivity contribution is 5.90. The second-order valence-corrected chi connectivity index (χ2v) is 5.14. The fourth-order valence-electron chi connectivity index (χ4n) is 2.39. The Morgan fingerprint density at radius 1 is 1.25 bits per heavy atom. The zero-order chi connectivity index (χ0) is 17.3. The van der Waals surface area contributed by atoms with Crippen molar-refractivity contribution >= 4 is 11.8 Å². The molecule has 0 saturated carbocycles. The van der Waals surface area contributed by atoms with Crippen LogP contribution in [0.25, 0.3) is 0 Å². The van der Waals surface area contributed by atoms with Gasteiger partial charge in [0.05, 0.1) is 11.3 Å². The minimum Gasteiger partial charge on any atom is -0.373 e. The summed E-state index contributed by atoms with van der Waals surface area (Å²) in [6.07, 6.45) is -4.68. The highest BCUT2D eigenvalue weighted by Gasteiger charge is 2.33. The van der Waals surface area contributed by atoms with Gasteiger partial charge in [-0.3, -0.25) is 4.90 Å². The van der Waals surface area contributed by atoms with Crippen molar-refractivity contribution in [3.63, 3.8) is 0 Å². The normalized spacial score (nSPS) is 17.3. The summed E-state index contributed by atoms with van der Waals surface area (Å²) in [5.41, 5.74) is 0.284. The molecule has 126 valence electrons. The summed E-state index contributed by atoms with van der Waals surface area (Å²) in [6, 6.07) is 6.44. The molecular weight excluding hydrogens is 327 g/mol. The number of aryl methyl sites for hydroxylation is 1. The van der Waals surface area contributed by atoms with Crippen LogP contribution in [0.5, 0.6) is 6.01 Å². The maximum absolute atomic E-state index is 12.5. The Balaban J connectivity index is 1.80. The van der Waals surface area contributed by atoms with Crippen molar-refractivity contribution in [2.75, 3.05) is 4.90 Å². The molecule has 1 aromatic heterocycles. The number of aliphatic hydroxyl groups excluding tert-OH is 1. The monoisotopic (exact) mass is 339 g/mol. The van der Waals surface area contributed by atoms with Gasteiger partial charge in [-0.25, -0.2) is 14.8 Å². The molecule has 9 heteroatoms. The van der Waals surface area contributed by atoms with Crippen molar-refractivity contribution in [3.05, 3.63) is 47.8 Å². The molecule has 1 aromatic carbocycles. The van der Waals surface area contributed by atoms with Crippen LogP contribution in [-0.2, 0) is 12.6 Å². The summed E-state index contributed by atoms with van der Waals surface area (Å²) in [5.74, 6) is 0. The molecule has 1 aliphatic heterocycles. The van der Waals surface area contributed by atoms with Crippen LogP contribution in [0.3, 0.4) is 0 Å². The van der Waals surface area contributed by atoms with E-state index in [9.17, 15) is 23.1 Å². The second-order valence-electron chi connectivity index (χ2n) is 5.14. The maximum Gasteiger partial charge on any atom is 0.424 e. The number of para-hydroxylation sites is 1. The molecule has 0 radical (unpaired) electrons. The highest BCUT2D eigenvalue weighted by Crippen LogP contribution is 2.31. The van der Waals surface area contributed by atoms with Crippen LogP contribution in [0.15, 0.2) is 36.7 Å². The number of nitrogens with zero attached hydrogens (tertiary/aromatic N) is 3. The average Bonchev–Trinajstić information content (AvgIpc) is 2.54. The topological polar surface area (TPSA) is 75.5 Å². The van der Waals surface area contributed by atoms with Gasteiger partial charge in [-0.05, 0) is 24.5 Å². The number of hydrogen-bond acceptors (Lipinski definition) is 5. The Hall–Kier alpha value is -2.68. The fraction of sp³-hybridized carbons (Fsp3) is 0.267. The average molecular weight is 339 g/mol. The van der Waals surface area contributed by atoms with E-state index in [0.29, 0.717) is 30.9 Å². The molecule has 2 aromatic rings. The van der Waals surface area contributed by atoms with Gasteiger partial charge in [0.15, 0.2) is 0 Å². The second kappa shape index (κ2) is 6.08. The zero-order valence-corrected chi connectivity index (χ0v) is 12.2. The van der Waals surface area contributed by atoms with Gasteiger partial charge in [-0.1, -0.05) is 18.2 Å². The molecule has 0 bridgehead atoms. The third-order valence-electron chi connectivity index (χ3n) is 3.55. The van der Waals surface area contributed by atoms with Gasteiger partial charge in [0, 0.05) is 12.4 Å². The van der Waals surface area contributed by atoms with E-state index in [1.54, 1.807) is 18.2 Å². The van der Waals surface area contributed by atoms with Crippen molar-refractivity contribution in [2.45, 2.75) is 25.2 Å². The summed E-state index contributed by atoms with van der Waals surface area (Å²) in [7, 11) is 0. The number of carbonyl (C=O) groups is 1. The number of benzene rings is 1. The van der Waals surface area contributed by atoms with Gasteiger partial charge in [-0.15, -0.1) is 0 Å². The number of hydrogen-bond donors (Lipinski definition) is 1. The Kier molecular flexibility index (Phi) is 4.10. The number of halogens is 3. The molecule has 0 aliphatic carbocycles. The SMILES string of the molecule is O=C(Oc1ncc(C(F)(F)F)cn1)N1c2ccccc2CCC1O. The number of aliphatic hydroxyl groups is 1. The van der Waals surface area contributed by atoms with Gasteiger partial charge in [0.1, 0.15) is 6.23 Å². The first-order valence-corrected chi connectivity index (χ1v) is 7.02. The number of ether oxygens (including phenoxy) is 1. The van der Waals surface area contributed by atoms with Crippen molar-refractivity contribution in [2.24, 2.45) is 0 Å². The van der Waals surface area contributed by atoms with Crippen LogP contribution in [0.2, 0.25) is 0 Å². The number of fused-ring (bicyclic) bond motifs is 1. The lowest BCUT2D eigenvalue weighted by Gasteiger charge is -2.32. The molecule has 3 rings (SSSR count). The Bertz CT molecular complexity index is 750. The lowest BCUT2D eigenvalue weighted by atomic mass is 10.0. The predicted octanol–water partition coefficient (Wildman–Crippen LogP) is 2.77. The smallest absolute Gasteiger partial charge is 0.373 e. The molecule has 6 nitrogen and oxygen atoms in total. The molecule has 1 unspecified atom stereocenters. The number of aromatic nitrogens is 2. The molecule has 1 amide bonds. The Morgan fingerprint density at radius 2 is 1.92 bits per heavy atom. The number of rotatable bonds is 1. The van der Waals surface area contributed by atoms with Crippen molar-refractivity contribution < 1.29 is 27.8 Å². The number of carbonyl (C=O) groups excluding carboxylic acids is 1. The van der Waals surface area contributed by atoms with E-state index < -0.39 is 30.1 Å². The quantitative estimate of drug-likeness (QED) is 0.865. The lowest BCUT2D eigenvalue weighted by molar-refractivity contribution is -0.138. The molecule has 1 N–H and O–H groups in total. The van der Waals surface area contributed by atoms with Crippen LogP contribution < -0.4 is 9.64 Å². The van der Waals surface area contributed by atoms with Gasteiger partial charge < -0.3 is 9.84 Å². The van der Waals surface area contributed by atoms with E-state index in [-0.39, 0.29) is 0 Å². The summed E-state index contributed by atoms with van der Waals surface area (Å²) in [5, 5.41) is 10.1. The minimum atomic E-state index is -4.58. The number of anilines is 1. The van der Waals surface area contributed by atoms with Crippen molar-refractivity contribution in [3.8, 4) is 6.01 Å². The first-order chi connectivity index (χ1) is 11.4. The summed E-state index contributed by atoms with van der Waals surface area (Å²) in [6.45, 7) is 0. The molecule has 0 saturated heterocycles. The molecule has 1 atom stereocenters. The van der Waals surface area contributed by atoms with Gasteiger partial charge in [0.2, 0.25) is 0 Å². The summed E-state index contributed by atoms with van der Waals surface area (Å²) >= 11 is 0. The van der Waals surface area contributed by atoms with Crippen LogP contribution in [-0.4, -0.2) is 27.4 Å². The summed E-state index contributed by atoms with van der Waals surface area (Å²) < 4.78 is 42.3. The van der Waals surface area contributed by atoms with Crippen molar-refractivity contribution in [1.82, 2.24) is 9.97 Å². The molecule has 24 heavy (non-hydrogen) atoms. The first-order valence-electron chi connectivity index (χ1n) is 7.02. The molecule has 0 fully saturated rings. The largest absolute Gasteiger partial charge is 0.424 e. The van der Waals surface area contributed by atoms with Gasteiger partial charge in [0.25, 0.3) is 0 Å². The van der Waals surface area contributed by atoms with E-state index in [0.717, 1.165) is 10.5 Å². The molecule has 2 heterocycles. The predicted molar refractivity (Wildman–Crippen MR) is 76.3 cm³/mol. The van der Waals surface area contributed by atoms with E-state index in [1.807, 2.05) is 6.07 Å². The third kappa shape index (κ3) is 3.16. The maximum atomic E-state index is 12.5. The van der Waals surface area contributed by atoms with E-state index in [1.165, 1.54) is 0 Å². The molecule has 0 spiro atoms. The standard InChI is InChI=1S/C15H12F3N3O3/c16-15(17,18)10-7-19-13(20-8-10)24-14(23)21-11-4-2-1-3-9(11)5-6-12(21)22/h1-4,7-8,12,22H,5-6H2. The van der Waals surface area contributed by atoms with Crippen molar-refractivity contribution in [1.29, 1.82) is 0 Å². The summed E-state index contributed by atoms with van der Waals surface area (Å²) in [4.78, 5) is 20.0. The van der Waals surface area contributed by atoms with Crippen LogP contribution in [0.4, 0.5) is 23.7 Å². The number of alkyl halides is 3. The van der Waals surface area contributed by atoms with Gasteiger partial charge in [-0.2, -0.15) is 13.2 Å². The Morgan fingerprint density at radius 3 is 2.58 bits per heavy atom. The fourth-order valence-corrected chi connectivity index (χ4v) is 2.39. The van der Waals surface area contributed by atoms with Gasteiger partial charge >= 0.3 is 18.3 Å². The molecule has 1 aliphatic rings. The van der Waals surface area contributed by atoms with Crippen LogP contribution >= 0.6 is 0 Å². The van der Waals surface area contributed by atoms with Crippen LogP contribution in [0.1, 0.15) is 17.5 Å². The van der Waals surface area contributed by atoms with E-state index in [2.05, 4.69) is 9.97 Å². The Labute approximate surface area is 134 Å². The molecular formula is C15H12F3N3O3. The number of amides is 1. The van der Waals surface area contributed by atoms with Crippen LogP contribution in [0, 0.1) is 0 Å². The lowest BCUT2D eigenvalue weighted by Crippen LogP contribution is -2.45. The first kappa shape index (κ1) is 16.2. The van der Waals surface area contributed by atoms with E-state index >= 15 is 0 Å².